The number of hydrogen-bond acceptors (Lipinski definition) is 2. The number of rotatable bonds is 2. The van der Waals surface area contributed by atoms with Gasteiger partial charge in [-0.2, -0.15) is 0 Å². The number of nitrogens with one attached hydrogen (secondary N) is 1. The van der Waals surface area contributed by atoms with Crippen LogP contribution in [0, 0.1) is 11.6 Å². The Morgan fingerprint density at radius 3 is 2.69 bits per heavy atom. The van der Waals surface area contributed by atoms with Crippen molar-refractivity contribution in [3.63, 3.8) is 0 Å². The van der Waals surface area contributed by atoms with Crippen molar-refractivity contribution in [2.24, 2.45) is 0 Å². The van der Waals surface area contributed by atoms with Crippen LogP contribution in [-0.2, 0) is 0 Å². The van der Waals surface area contributed by atoms with E-state index in [2.05, 4.69) is 5.32 Å². The molecule has 0 aliphatic carbocycles. The molecular formula is C11H7F2NOS. The van der Waals surface area contributed by atoms with Crippen molar-refractivity contribution in [2.75, 3.05) is 5.32 Å². The van der Waals surface area contributed by atoms with Crippen molar-refractivity contribution >= 4 is 22.9 Å². The van der Waals surface area contributed by atoms with Gasteiger partial charge >= 0.3 is 0 Å². The first-order valence-electron chi connectivity index (χ1n) is 4.47. The molecule has 2 rings (SSSR count). The van der Waals surface area contributed by atoms with Crippen LogP contribution in [-0.4, -0.2) is 5.91 Å². The zero-order valence-corrected chi connectivity index (χ0v) is 8.85. The highest BCUT2D eigenvalue weighted by molar-refractivity contribution is 7.12. The highest BCUT2D eigenvalue weighted by atomic mass is 32.1. The summed E-state index contributed by atoms with van der Waals surface area (Å²) in [7, 11) is 0. The number of carbonyl (C=O) groups is 1. The monoisotopic (exact) mass is 239 g/mol. The lowest BCUT2D eigenvalue weighted by molar-refractivity contribution is 0.103. The molecule has 0 radical (unpaired) electrons. The molecule has 5 heteroatoms. The molecule has 1 amide bonds. The molecule has 0 spiro atoms. The Morgan fingerprint density at radius 2 is 2.00 bits per heavy atom. The van der Waals surface area contributed by atoms with Crippen LogP contribution in [0.4, 0.5) is 14.5 Å². The summed E-state index contributed by atoms with van der Waals surface area (Å²) in [5.74, 6) is -2.48. The van der Waals surface area contributed by atoms with Crippen LogP contribution in [0.2, 0.25) is 0 Å². The average Bonchev–Trinajstić information content (AvgIpc) is 2.78. The van der Waals surface area contributed by atoms with Gasteiger partial charge in [0.1, 0.15) is 0 Å². The summed E-state index contributed by atoms with van der Waals surface area (Å²) in [5.41, 5.74) is -0.154. The fourth-order valence-electron chi connectivity index (χ4n) is 1.19. The number of benzene rings is 1. The number of halogens is 2. The molecule has 2 nitrogen and oxygen atoms in total. The van der Waals surface area contributed by atoms with Crippen molar-refractivity contribution in [1.29, 1.82) is 0 Å². The number of hydrogen-bond donors (Lipinski definition) is 1. The first-order valence-corrected chi connectivity index (χ1v) is 5.35. The van der Waals surface area contributed by atoms with Crippen LogP contribution in [0.15, 0.2) is 35.7 Å². The molecule has 0 fully saturated rings. The van der Waals surface area contributed by atoms with E-state index in [9.17, 15) is 13.6 Å². The van der Waals surface area contributed by atoms with E-state index < -0.39 is 17.5 Å². The van der Waals surface area contributed by atoms with Gasteiger partial charge in [0.15, 0.2) is 11.6 Å². The summed E-state index contributed by atoms with van der Waals surface area (Å²) < 4.78 is 26.1. The lowest BCUT2D eigenvalue weighted by Gasteiger charge is -2.04. The van der Waals surface area contributed by atoms with E-state index in [0.29, 0.717) is 4.88 Å². The van der Waals surface area contributed by atoms with Gasteiger partial charge in [-0.05, 0) is 23.6 Å². The summed E-state index contributed by atoms with van der Waals surface area (Å²) in [6, 6.07) is 6.96. The fourth-order valence-corrected chi connectivity index (χ4v) is 1.81. The third kappa shape index (κ3) is 2.09. The topological polar surface area (TPSA) is 29.1 Å². The Labute approximate surface area is 94.5 Å². The van der Waals surface area contributed by atoms with Gasteiger partial charge < -0.3 is 5.32 Å². The molecule has 0 aliphatic heterocycles. The summed E-state index contributed by atoms with van der Waals surface area (Å²) >= 11 is 1.23. The van der Waals surface area contributed by atoms with Gasteiger partial charge in [0.05, 0.1) is 10.6 Å². The van der Waals surface area contributed by atoms with Crippen LogP contribution in [0.25, 0.3) is 0 Å². The Morgan fingerprint density at radius 1 is 1.19 bits per heavy atom. The number of carbonyl (C=O) groups excluding carboxylic acids is 1. The molecule has 1 N–H and O–H groups in total. The maximum Gasteiger partial charge on any atom is 0.265 e. The van der Waals surface area contributed by atoms with Gasteiger partial charge in [0, 0.05) is 0 Å². The van der Waals surface area contributed by atoms with Gasteiger partial charge in [-0.25, -0.2) is 8.78 Å². The van der Waals surface area contributed by atoms with Crippen LogP contribution < -0.4 is 5.32 Å². The number of amides is 1. The molecule has 16 heavy (non-hydrogen) atoms. The third-order valence-corrected chi connectivity index (χ3v) is 2.81. The number of thiophene rings is 1. The second-order valence-corrected chi connectivity index (χ2v) is 3.98. The molecule has 82 valence electrons. The predicted octanol–water partition coefficient (Wildman–Crippen LogP) is 3.28. The minimum Gasteiger partial charge on any atom is -0.319 e. The zero-order chi connectivity index (χ0) is 11.5. The molecule has 0 atom stereocenters. The van der Waals surface area contributed by atoms with E-state index >= 15 is 0 Å². The van der Waals surface area contributed by atoms with E-state index in [1.807, 2.05) is 0 Å². The van der Waals surface area contributed by atoms with E-state index in [1.54, 1.807) is 17.5 Å². The Balaban J connectivity index is 2.22. The first-order chi connectivity index (χ1) is 7.68. The first kappa shape index (κ1) is 10.8. The van der Waals surface area contributed by atoms with Gasteiger partial charge in [-0.1, -0.05) is 12.1 Å². The lowest BCUT2D eigenvalue weighted by atomic mass is 10.3. The Hall–Kier alpha value is -1.75. The molecule has 1 aromatic carbocycles. The molecule has 0 unspecified atom stereocenters. The normalized spacial score (nSPS) is 10.1. The minimum atomic E-state index is -1.05. The molecule has 0 aliphatic rings. The van der Waals surface area contributed by atoms with Crippen molar-refractivity contribution in [1.82, 2.24) is 0 Å². The van der Waals surface area contributed by atoms with Gasteiger partial charge in [-0.15, -0.1) is 11.3 Å². The van der Waals surface area contributed by atoms with Crippen molar-refractivity contribution < 1.29 is 13.6 Å². The molecule has 1 heterocycles. The molecule has 0 saturated carbocycles. The third-order valence-electron chi connectivity index (χ3n) is 1.94. The molecular weight excluding hydrogens is 232 g/mol. The molecule has 0 bridgehead atoms. The predicted molar refractivity (Wildman–Crippen MR) is 58.6 cm³/mol. The molecule has 0 saturated heterocycles. The fraction of sp³-hybridized carbons (Fsp3) is 0. The summed E-state index contributed by atoms with van der Waals surface area (Å²) in [6.45, 7) is 0. The zero-order valence-electron chi connectivity index (χ0n) is 8.04. The summed E-state index contributed by atoms with van der Waals surface area (Å²) in [4.78, 5) is 12.0. The Kier molecular flexibility index (Phi) is 2.96. The quantitative estimate of drug-likeness (QED) is 0.856. The maximum atomic E-state index is 13.2. The SMILES string of the molecule is O=C(Nc1cccc(F)c1F)c1cccs1. The molecule has 2 aromatic rings. The van der Waals surface area contributed by atoms with Gasteiger partial charge in [0.2, 0.25) is 0 Å². The van der Waals surface area contributed by atoms with E-state index in [1.165, 1.54) is 23.5 Å². The van der Waals surface area contributed by atoms with Crippen molar-refractivity contribution in [3.05, 3.63) is 52.2 Å². The van der Waals surface area contributed by atoms with Crippen LogP contribution in [0.5, 0.6) is 0 Å². The Bertz CT molecular complexity index is 511. The van der Waals surface area contributed by atoms with Gasteiger partial charge in [0.25, 0.3) is 5.91 Å². The summed E-state index contributed by atoms with van der Waals surface area (Å²) in [5, 5.41) is 4.04. The highest BCUT2D eigenvalue weighted by Crippen LogP contribution is 2.18. The van der Waals surface area contributed by atoms with Crippen LogP contribution in [0.1, 0.15) is 9.67 Å². The lowest BCUT2D eigenvalue weighted by Crippen LogP contribution is -2.11. The smallest absolute Gasteiger partial charge is 0.265 e. The molecule has 1 aromatic heterocycles. The van der Waals surface area contributed by atoms with E-state index in [4.69, 9.17) is 0 Å². The minimum absolute atomic E-state index is 0.154. The summed E-state index contributed by atoms with van der Waals surface area (Å²) in [6.07, 6.45) is 0. The number of anilines is 1. The van der Waals surface area contributed by atoms with Crippen LogP contribution >= 0.6 is 11.3 Å². The largest absolute Gasteiger partial charge is 0.319 e. The highest BCUT2D eigenvalue weighted by Gasteiger charge is 2.12. The van der Waals surface area contributed by atoms with E-state index in [0.717, 1.165) is 6.07 Å². The van der Waals surface area contributed by atoms with E-state index in [-0.39, 0.29) is 5.69 Å². The van der Waals surface area contributed by atoms with Crippen LogP contribution in [0.3, 0.4) is 0 Å². The van der Waals surface area contributed by atoms with Gasteiger partial charge in [-0.3, -0.25) is 4.79 Å². The second kappa shape index (κ2) is 4.40. The van der Waals surface area contributed by atoms with Crippen molar-refractivity contribution in [2.45, 2.75) is 0 Å². The standard InChI is InChI=1S/C11H7F2NOS/c12-7-3-1-4-8(10(7)13)14-11(15)9-5-2-6-16-9/h1-6H,(H,14,15). The average molecular weight is 239 g/mol. The maximum absolute atomic E-state index is 13.2. The second-order valence-electron chi connectivity index (χ2n) is 3.03. The van der Waals surface area contributed by atoms with Crippen molar-refractivity contribution in [3.8, 4) is 0 Å².